The zero-order valence-corrected chi connectivity index (χ0v) is 7.84. The molecule has 0 aliphatic heterocycles. The molecule has 0 spiro atoms. The summed E-state index contributed by atoms with van der Waals surface area (Å²) in [5.41, 5.74) is 0.269. The van der Waals surface area contributed by atoms with E-state index in [1.54, 1.807) is 4.90 Å². The van der Waals surface area contributed by atoms with Crippen molar-refractivity contribution in [2.45, 2.75) is 20.3 Å². The van der Waals surface area contributed by atoms with Crippen LogP contribution in [0, 0.1) is 0 Å². The van der Waals surface area contributed by atoms with Crippen LogP contribution >= 0.6 is 0 Å². The van der Waals surface area contributed by atoms with Gasteiger partial charge in [0.15, 0.2) is 0 Å². The van der Waals surface area contributed by atoms with Crippen molar-refractivity contribution in [3.63, 3.8) is 0 Å². The molecule has 0 aromatic carbocycles. The molecule has 3 nitrogen and oxygen atoms in total. The molecule has 1 N–H and O–H groups in total. The number of aliphatic hydroxyl groups is 1. The van der Waals surface area contributed by atoms with Gasteiger partial charge in [-0.1, -0.05) is 13.5 Å². The van der Waals surface area contributed by atoms with E-state index in [9.17, 15) is 4.79 Å². The van der Waals surface area contributed by atoms with Crippen LogP contribution in [0.1, 0.15) is 20.3 Å². The van der Waals surface area contributed by atoms with Crippen molar-refractivity contribution in [3.8, 4) is 0 Å². The van der Waals surface area contributed by atoms with Crippen LogP contribution in [0.5, 0.6) is 0 Å². The zero-order chi connectivity index (χ0) is 9.56. The van der Waals surface area contributed by atoms with E-state index in [0.717, 1.165) is 13.0 Å². The molecule has 0 bridgehead atoms. The smallest absolute Gasteiger partial charge is 0.251 e. The SMILES string of the molecule is C=C(CO)C(=O)N(CC)CCC. The van der Waals surface area contributed by atoms with Crippen molar-refractivity contribution in [2.24, 2.45) is 0 Å². The number of carbonyl (C=O) groups is 1. The molecular formula is C9H17NO2. The highest BCUT2D eigenvalue weighted by atomic mass is 16.3. The van der Waals surface area contributed by atoms with Crippen LogP contribution in [0.3, 0.4) is 0 Å². The second-order valence-corrected chi connectivity index (χ2v) is 2.65. The lowest BCUT2D eigenvalue weighted by atomic mass is 10.2. The topological polar surface area (TPSA) is 40.5 Å². The Balaban J connectivity index is 4.11. The van der Waals surface area contributed by atoms with E-state index in [1.807, 2.05) is 13.8 Å². The molecular weight excluding hydrogens is 154 g/mol. The predicted molar refractivity (Wildman–Crippen MR) is 48.8 cm³/mol. The first kappa shape index (κ1) is 11.2. The number of aliphatic hydroxyl groups excluding tert-OH is 1. The predicted octanol–water partition coefficient (Wildman–Crippen LogP) is 0.793. The van der Waals surface area contributed by atoms with Crippen molar-refractivity contribution in [1.29, 1.82) is 0 Å². The second kappa shape index (κ2) is 5.77. The van der Waals surface area contributed by atoms with Gasteiger partial charge in [-0.3, -0.25) is 4.79 Å². The van der Waals surface area contributed by atoms with Gasteiger partial charge >= 0.3 is 0 Å². The minimum absolute atomic E-state index is 0.137. The number of likely N-dealkylation sites (N-methyl/N-ethyl adjacent to an activating group) is 1. The summed E-state index contributed by atoms with van der Waals surface area (Å²) in [5, 5.41) is 8.67. The first-order valence-electron chi connectivity index (χ1n) is 4.25. The first-order valence-corrected chi connectivity index (χ1v) is 4.25. The van der Waals surface area contributed by atoms with Gasteiger partial charge < -0.3 is 10.0 Å². The number of carbonyl (C=O) groups excluding carboxylic acids is 1. The van der Waals surface area contributed by atoms with Gasteiger partial charge in [-0.2, -0.15) is 0 Å². The molecule has 0 unspecified atom stereocenters. The molecule has 0 radical (unpaired) electrons. The van der Waals surface area contributed by atoms with E-state index in [1.165, 1.54) is 0 Å². The Bertz CT molecular complexity index is 166. The maximum Gasteiger partial charge on any atom is 0.251 e. The fourth-order valence-corrected chi connectivity index (χ4v) is 0.964. The largest absolute Gasteiger partial charge is 0.391 e. The third-order valence-corrected chi connectivity index (χ3v) is 1.66. The highest BCUT2D eigenvalue weighted by Crippen LogP contribution is 1.99. The maximum absolute atomic E-state index is 11.4. The van der Waals surface area contributed by atoms with E-state index in [2.05, 4.69) is 6.58 Å². The Morgan fingerprint density at radius 1 is 1.50 bits per heavy atom. The van der Waals surface area contributed by atoms with Crippen LogP contribution in [0.25, 0.3) is 0 Å². The fraction of sp³-hybridized carbons (Fsp3) is 0.667. The number of amides is 1. The summed E-state index contributed by atoms with van der Waals surface area (Å²) in [7, 11) is 0. The van der Waals surface area contributed by atoms with E-state index in [4.69, 9.17) is 5.11 Å². The number of hydrogen-bond donors (Lipinski definition) is 1. The van der Waals surface area contributed by atoms with Crippen LogP contribution in [0.15, 0.2) is 12.2 Å². The lowest BCUT2D eigenvalue weighted by Crippen LogP contribution is -2.33. The highest BCUT2D eigenvalue weighted by molar-refractivity contribution is 5.92. The molecule has 1 amide bonds. The minimum atomic E-state index is -0.251. The Labute approximate surface area is 73.7 Å². The van der Waals surface area contributed by atoms with Gasteiger partial charge in [0.05, 0.1) is 6.61 Å². The molecule has 0 rings (SSSR count). The third kappa shape index (κ3) is 3.05. The molecule has 0 fully saturated rings. The summed E-state index contributed by atoms with van der Waals surface area (Å²) in [5.74, 6) is -0.137. The van der Waals surface area contributed by atoms with Crippen LogP contribution < -0.4 is 0 Å². The summed E-state index contributed by atoms with van der Waals surface area (Å²) in [6.07, 6.45) is 0.929. The minimum Gasteiger partial charge on any atom is -0.391 e. The summed E-state index contributed by atoms with van der Waals surface area (Å²) < 4.78 is 0. The molecule has 70 valence electrons. The van der Waals surface area contributed by atoms with Crippen molar-refractivity contribution < 1.29 is 9.90 Å². The van der Waals surface area contributed by atoms with Crippen molar-refractivity contribution in [2.75, 3.05) is 19.7 Å². The van der Waals surface area contributed by atoms with Gasteiger partial charge in [0.1, 0.15) is 0 Å². The molecule has 0 saturated heterocycles. The number of nitrogens with zero attached hydrogens (tertiary/aromatic N) is 1. The fourth-order valence-electron chi connectivity index (χ4n) is 0.964. The van der Waals surface area contributed by atoms with Crippen LogP contribution in [-0.4, -0.2) is 35.6 Å². The normalized spacial score (nSPS) is 9.58. The second-order valence-electron chi connectivity index (χ2n) is 2.65. The Morgan fingerprint density at radius 2 is 2.08 bits per heavy atom. The maximum atomic E-state index is 11.4. The van der Waals surface area contributed by atoms with Gasteiger partial charge in [0, 0.05) is 18.7 Å². The Kier molecular flexibility index (Phi) is 5.37. The molecule has 12 heavy (non-hydrogen) atoms. The highest BCUT2D eigenvalue weighted by Gasteiger charge is 2.12. The number of hydrogen-bond acceptors (Lipinski definition) is 2. The van der Waals surface area contributed by atoms with E-state index < -0.39 is 0 Å². The van der Waals surface area contributed by atoms with E-state index >= 15 is 0 Å². The van der Waals surface area contributed by atoms with Crippen LogP contribution in [0.2, 0.25) is 0 Å². The van der Waals surface area contributed by atoms with E-state index in [0.29, 0.717) is 6.54 Å². The molecule has 0 aliphatic carbocycles. The van der Waals surface area contributed by atoms with E-state index in [-0.39, 0.29) is 18.1 Å². The first-order chi connectivity index (χ1) is 5.67. The van der Waals surface area contributed by atoms with Gasteiger partial charge in [-0.05, 0) is 13.3 Å². The van der Waals surface area contributed by atoms with Gasteiger partial charge in [0.25, 0.3) is 5.91 Å². The molecule has 0 heterocycles. The Hall–Kier alpha value is -0.830. The Morgan fingerprint density at radius 3 is 2.42 bits per heavy atom. The van der Waals surface area contributed by atoms with Crippen molar-refractivity contribution in [1.82, 2.24) is 4.90 Å². The monoisotopic (exact) mass is 171 g/mol. The average Bonchev–Trinajstić information content (AvgIpc) is 2.11. The summed E-state index contributed by atoms with van der Waals surface area (Å²) in [6, 6.07) is 0. The lowest BCUT2D eigenvalue weighted by molar-refractivity contribution is -0.127. The quantitative estimate of drug-likeness (QED) is 0.621. The van der Waals surface area contributed by atoms with Crippen molar-refractivity contribution in [3.05, 3.63) is 12.2 Å². The molecule has 0 aliphatic rings. The molecule has 3 heteroatoms. The third-order valence-electron chi connectivity index (χ3n) is 1.66. The van der Waals surface area contributed by atoms with Gasteiger partial charge in [-0.25, -0.2) is 0 Å². The van der Waals surface area contributed by atoms with Crippen LogP contribution in [-0.2, 0) is 4.79 Å². The van der Waals surface area contributed by atoms with Crippen molar-refractivity contribution >= 4 is 5.91 Å². The molecule has 0 saturated carbocycles. The summed E-state index contributed by atoms with van der Waals surface area (Å²) in [6.45, 7) is 8.56. The summed E-state index contributed by atoms with van der Waals surface area (Å²) in [4.78, 5) is 13.0. The van der Waals surface area contributed by atoms with Gasteiger partial charge in [0.2, 0.25) is 0 Å². The van der Waals surface area contributed by atoms with Gasteiger partial charge in [-0.15, -0.1) is 0 Å². The summed E-state index contributed by atoms with van der Waals surface area (Å²) >= 11 is 0. The standard InChI is InChI=1S/C9H17NO2/c1-4-6-10(5-2)9(12)8(3)7-11/h11H,3-7H2,1-2H3. The number of rotatable bonds is 5. The molecule has 0 atom stereocenters. The molecule has 0 aromatic rings. The lowest BCUT2D eigenvalue weighted by Gasteiger charge is -2.20. The molecule has 0 aromatic heterocycles. The average molecular weight is 171 g/mol. The zero-order valence-electron chi connectivity index (χ0n) is 7.84. The van der Waals surface area contributed by atoms with Crippen LogP contribution in [0.4, 0.5) is 0 Å².